The summed E-state index contributed by atoms with van der Waals surface area (Å²) in [5.74, 6) is -1.00. The van der Waals surface area contributed by atoms with E-state index in [4.69, 9.17) is 0 Å². The van der Waals surface area contributed by atoms with Crippen LogP contribution in [0.3, 0.4) is 0 Å². The highest BCUT2D eigenvalue weighted by Gasteiger charge is 2.29. The number of para-hydroxylation sites is 1. The molecule has 0 saturated carbocycles. The molecule has 0 atom stereocenters. The van der Waals surface area contributed by atoms with Crippen LogP contribution < -0.4 is 10.9 Å². The second-order valence-electron chi connectivity index (χ2n) is 5.24. The van der Waals surface area contributed by atoms with Gasteiger partial charge in [-0.2, -0.15) is 23.0 Å². The molecule has 0 aliphatic heterocycles. The number of carbonyl (C=O) groups is 1. The number of alkyl halides is 3. The number of benzene rings is 2. The maximum absolute atomic E-state index is 12.6. The van der Waals surface area contributed by atoms with Gasteiger partial charge >= 0.3 is 6.18 Å². The molecule has 1 amide bonds. The number of nitrogens with one attached hydrogen (secondary N) is 1. The summed E-state index contributed by atoms with van der Waals surface area (Å²) in [5, 5.41) is 6.17. The van der Waals surface area contributed by atoms with Gasteiger partial charge in [-0.3, -0.25) is 9.59 Å². The molecule has 0 fully saturated rings. The Balaban J connectivity index is 2.16. The van der Waals surface area contributed by atoms with Gasteiger partial charge in [-0.05, 0) is 18.2 Å². The lowest BCUT2D eigenvalue weighted by Gasteiger charge is -2.12. The van der Waals surface area contributed by atoms with Crippen LogP contribution in [0.4, 0.5) is 13.2 Å². The van der Waals surface area contributed by atoms with Gasteiger partial charge in [0.15, 0.2) is 5.69 Å². The highest BCUT2D eigenvalue weighted by molar-refractivity contribution is 6.04. The van der Waals surface area contributed by atoms with Gasteiger partial charge < -0.3 is 5.32 Å². The van der Waals surface area contributed by atoms with E-state index in [1.807, 2.05) is 0 Å². The molecule has 5 nitrogen and oxygen atoms in total. The zero-order chi connectivity index (χ0) is 18.0. The van der Waals surface area contributed by atoms with E-state index in [9.17, 15) is 22.8 Å². The van der Waals surface area contributed by atoms with Crippen LogP contribution in [-0.4, -0.2) is 28.4 Å². The number of hydrogen-bond donors (Lipinski definition) is 1. The molecular formula is C17H12F3N3O2. The highest BCUT2D eigenvalue weighted by Crippen LogP contribution is 2.16. The van der Waals surface area contributed by atoms with Crippen molar-refractivity contribution in [3.05, 3.63) is 70.6 Å². The van der Waals surface area contributed by atoms with Crippen molar-refractivity contribution in [2.75, 3.05) is 6.54 Å². The quantitative estimate of drug-likeness (QED) is 0.792. The summed E-state index contributed by atoms with van der Waals surface area (Å²) in [6.07, 6.45) is -4.54. The Morgan fingerprint density at radius 1 is 1.00 bits per heavy atom. The van der Waals surface area contributed by atoms with Crippen LogP contribution in [-0.2, 0) is 0 Å². The Labute approximate surface area is 139 Å². The molecule has 0 bridgehead atoms. The van der Waals surface area contributed by atoms with Crippen molar-refractivity contribution < 1.29 is 18.0 Å². The van der Waals surface area contributed by atoms with Crippen molar-refractivity contribution in [1.29, 1.82) is 0 Å². The topological polar surface area (TPSA) is 64.0 Å². The monoisotopic (exact) mass is 347 g/mol. The standard InChI is InChI=1S/C17H12F3N3O2/c18-17(19,20)10-21-15(24)14-12-8-4-5-9-13(12)16(25)23(22-14)11-6-2-1-3-7-11/h1-9H,10H2,(H,21,24). The van der Waals surface area contributed by atoms with E-state index in [0.717, 1.165) is 4.68 Å². The van der Waals surface area contributed by atoms with E-state index in [1.165, 1.54) is 12.1 Å². The zero-order valence-corrected chi connectivity index (χ0v) is 12.7. The minimum absolute atomic E-state index is 0.193. The number of nitrogens with zero attached hydrogens (tertiary/aromatic N) is 2. The number of rotatable bonds is 3. The van der Waals surface area contributed by atoms with Crippen LogP contribution in [0.15, 0.2) is 59.4 Å². The first kappa shape index (κ1) is 16.7. The van der Waals surface area contributed by atoms with Crippen LogP contribution >= 0.6 is 0 Å². The summed E-state index contributed by atoms with van der Waals surface area (Å²) in [7, 11) is 0. The molecule has 0 saturated heterocycles. The molecule has 0 aliphatic carbocycles. The number of fused-ring (bicyclic) bond motifs is 1. The molecule has 3 aromatic rings. The molecule has 2 aromatic carbocycles. The van der Waals surface area contributed by atoms with E-state index in [-0.39, 0.29) is 16.5 Å². The van der Waals surface area contributed by atoms with Gasteiger partial charge in [-0.15, -0.1) is 0 Å². The lowest BCUT2D eigenvalue weighted by atomic mass is 10.1. The summed E-state index contributed by atoms with van der Waals surface area (Å²) in [6, 6.07) is 14.5. The molecule has 0 radical (unpaired) electrons. The van der Waals surface area contributed by atoms with Crippen molar-refractivity contribution in [3.63, 3.8) is 0 Å². The Hall–Kier alpha value is -3.16. The Bertz CT molecular complexity index is 982. The molecule has 0 spiro atoms. The predicted octanol–water partition coefficient (Wildman–Crippen LogP) is 2.68. The molecule has 3 rings (SSSR count). The Morgan fingerprint density at radius 3 is 2.24 bits per heavy atom. The summed E-state index contributed by atoms with van der Waals surface area (Å²) in [4.78, 5) is 24.8. The number of aromatic nitrogens is 2. The first-order valence-electron chi connectivity index (χ1n) is 7.29. The second kappa shape index (κ2) is 6.39. The van der Waals surface area contributed by atoms with Crippen LogP contribution in [0.25, 0.3) is 16.5 Å². The number of carbonyl (C=O) groups excluding carboxylic acids is 1. The van der Waals surface area contributed by atoms with Gasteiger partial charge in [0.1, 0.15) is 6.54 Å². The summed E-state index contributed by atoms with van der Waals surface area (Å²) >= 11 is 0. The van der Waals surface area contributed by atoms with Gasteiger partial charge in [0.25, 0.3) is 11.5 Å². The van der Waals surface area contributed by atoms with Gasteiger partial charge in [0.2, 0.25) is 0 Å². The molecule has 1 heterocycles. The molecule has 0 unspecified atom stereocenters. The van der Waals surface area contributed by atoms with E-state index in [0.29, 0.717) is 5.69 Å². The third kappa shape index (κ3) is 3.52. The van der Waals surface area contributed by atoms with Gasteiger partial charge in [0, 0.05) is 5.39 Å². The fourth-order valence-corrected chi connectivity index (χ4v) is 2.37. The van der Waals surface area contributed by atoms with E-state index in [2.05, 4.69) is 5.10 Å². The minimum Gasteiger partial charge on any atom is -0.342 e. The zero-order valence-electron chi connectivity index (χ0n) is 12.7. The first-order chi connectivity index (χ1) is 11.9. The molecule has 128 valence electrons. The van der Waals surface area contributed by atoms with Crippen molar-refractivity contribution in [1.82, 2.24) is 15.1 Å². The predicted molar refractivity (Wildman–Crippen MR) is 85.7 cm³/mol. The van der Waals surface area contributed by atoms with Crippen LogP contribution in [0, 0.1) is 0 Å². The summed E-state index contributed by atoms with van der Waals surface area (Å²) < 4.78 is 38.1. The van der Waals surface area contributed by atoms with E-state index < -0.39 is 24.2 Å². The molecular weight excluding hydrogens is 335 g/mol. The van der Waals surface area contributed by atoms with Crippen molar-refractivity contribution >= 4 is 16.7 Å². The molecule has 8 heteroatoms. The summed E-state index contributed by atoms with van der Waals surface area (Å²) in [5.41, 5.74) is -0.305. The third-order valence-electron chi connectivity index (χ3n) is 3.47. The minimum atomic E-state index is -4.54. The van der Waals surface area contributed by atoms with Crippen molar-refractivity contribution in [2.45, 2.75) is 6.18 Å². The first-order valence-corrected chi connectivity index (χ1v) is 7.29. The molecule has 25 heavy (non-hydrogen) atoms. The molecule has 0 aliphatic rings. The SMILES string of the molecule is O=C(NCC(F)(F)F)c1nn(-c2ccccc2)c(=O)c2ccccc12. The molecule has 1 aromatic heterocycles. The smallest absolute Gasteiger partial charge is 0.342 e. The number of amides is 1. The lowest BCUT2D eigenvalue weighted by Crippen LogP contribution is -2.35. The van der Waals surface area contributed by atoms with E-state index in [1.54, 1.807) is 47.8 Å². The van der Waals surface area contributed by atoms with Crippen LogP contribution in [0.5, 0.6) is 0 Å². The van der Waals surface area contributed by atoms with Crippen molar-refractivity contribution in [3.8, 4) is 5.69 Å². The van der Waals surface area contributed by atoms with Gasteiger partial charge in [0.05, 0.1) is 11.1 Å². The molecule has 1 N–H and O–H groups in total. The lowest BCUT2D eigenvalue weighted by molar-refractivity contribution is -0.123. The highest BCUT2D eigenvalue weighted by atomic mass is 19.4. The van der Waals surface area contributed by atoms with Crippen molar-refractivity contribution in [2.24, 2.45) is 0 Å². The third-order valence-corrected chi connectivity index (χ3v) is 3.47. The maximum atomic E-state index is 12.6. The summed E-state index contributed by atoms with van der Waals surface area (Å²) in [6.45, 7) is -1.48. The largest absolute Gasteiger partial charge is 0.405 e. The van der Waals surface area contributed by atoms with Gasteiger partial charge in [-0.25, -0.2) is 0 Å². The van der Waals surface area contributed by atoms with Gasteiger partial charge in [-0.1, -0.05) is 36.4 Å². The number of halogens is 3. The van der Waals surface area contributed by atoms with Crippen LogP contribution in [0.2, 0.25) is 0 Å². The fourth-order valence-electron chi connectivity index (χ4n) is 2.37. The normalized spacial score (nSPS) is 11.5. The Kier molecular flexibility index (Phi) is 4.26. The average Bonchev–Trinajstić information content (AvgIpc) is 2.60. The Morgan fingerprint density at radius 2 is 1.60 bits per heavy atom. The maximum Gasteiger partial charge on any atom is 0.405 e. The average molecular weight is 347 g/mol. The van der Waals surface area contributed by atoms with Crippen LogP contribution in [0.1, 0.15) is 10.5 Å². The fraction of sp³-hybridized carbons (Fsp3) is 0.118. The number of hydrogen-bond acceptors (Lipinski definition) is 3. The van der Waals surface area contributed by atoms with E-state index >= 15 is 0 Å². The second-order valence-corrected chi connectivity index (χ2v) is 5.24.